The van der Waals surface area contributed by atoms with E-state index in [4.69, 9.17) is 11.1 Å². The molecule has 1 N–H and O–H groups in total. The SMILES string of the molecule is CCC[SiH](Cl)CNCC. The van der Waals surface area contributed by atoms with Crippen LogP contribution in [-0.2, 0) is 0 Å². The fraction of sp³-hybridized carbons (Fsp3) is 1.00. The zero-order valence-electron chi connectivity index (χ0n) is 6.28. The van der Waals surface area contributed by atoms with Gasteiger partial charge in [-0.05, 0) is 12.6 Å². The molecule has 0 aromatic heterocycles. The normalized spacial score (nSPS) is 13.7. The zero-order valence-corrected chi connectivity index (χ0v) is 8.19. The van der Waals surface area contributed by atoms with E-state index in [1.165, 1.54) is 12.5 Å². The van der Waals surface area contributed by atoms with Gasteiger partial charge in [-0.25, -0.2) is 0 Å². The summed E-state index contributed by atoms with van der Waals surface area (Å²) in [6.45, 7) is 5.36. The average Bonchev–Trinajstić information content (AvgIpc) is 1.85. The fourth-order valence-corrected chi connectivity index (χ4v) is 3.13. The largest absolute Gasteiger partial charge is 0.319 e. The summed E-state index contributed by atoms with van der Waals surface area (Å²) in [5, 5.41) is 3.26. The van der Waals surface area contributed by atoms with Crippen LogP contribution < -0.4 is 5.32 Å². The third kappa shape index (κ3) is 6.35. The predicted molar refractivity (Wildman–Crippen MR) is 46.6 cm³/mol. The molecular weight excluding hydrogens is 150 g/mol. The maximum Gasteiger partial charge on any atom is 0.154 e. The van der Waals surface area contributed by atoms with Gasteiger partial charge in [0.25, 0.3) is 0 Å². The molecule has 0 spiro atoms. The summed E-state index contributed by atoms with van der Waals surface area (Å²) in [6.07, 6.45) is 2.33. The molecule has 0 amide bonds. The van der Waals surface area contributed by atoms with Crippen LogP contribution in [0.25, 0.3) is 0 Å². The summed E-state index contributed by atoms with van der Waals surface area (Å²) < 4.78 is 0. The fourth-order valence-electron chi connectivity index (χ4n) is 0.716. The van der Waals surface area contributed by atoms with E-state index in [1.54, 1.807) is 0 Å². The molecule has 0 rings (SSSR count). The Balaban J connectivity index is 2.95. The number of rotatable bonds is 5. The number of nitrogens with one attached hydrogen (secondary N) is 1. The van der Waals surface area contributed by atoms with Gasteiger partial charge in [-0.3, -0.25) is 0 Å². The number of hydrogen-bond acceptors (Lipinski definition) is 1. The van der Waals surface area contributed by atoms with Crippen molar-refractivity contribution < 1.29 is 0 Å². The first-order valence-electron chi connectivity index (χ1n) is 3.66. The molecule has 0 aromatic carbocycles. The molecule has 0 bridgehead atoms. The minimum absolute atomic E-state index is 0.859. The summed E-state index contributed by atoms with van der Waals surface area (Å²) in [6, 6.07) is 1.26. The molecule has 1 nitrogen and oxygen atoms in total. The molecule has 0 aliphatic heterocycles. The van der Waals surface area contributed by atoms with Gasteiger partial charge in [0, 0.05) is 6.17 Å². The van der Waals surface area contributed by atoms with Gasteiger partial charge in [0.1, 0.15) is 0 Å². The van der Waals surface area contributed by atoms with Crippen molar-refractivity contribution in [1.82, 2.24) is 5.32 Å². The minimum atomic E-state index is -0.859. The van der Waals surface area contributed by atoms with Crippen LogP contribution in [0.1, 0.15) is 20.3 Å². The van der Waals surface area contributed by atoms with E-state index in [0.717, 1.165) is 12.7 Å². The third-order valence-corrected chi connectivity index (χ3v) is 4.27. The summed E-state index contributed by atoms with van der Waals surface area (Å²) in [5.74, 6) is 0. The smallest absolute Gasteiger partial charge is 0.154 e. The Morgan fingerprint density at radius 1 is 1.44 bits per heavy atom. The number of hydrogen-bond donors (Lipinski definition) is 1. The standard InChI is InChI=1S/C6H16ClNSi/c1-3-5-9(7)6-8-4-2/h8-9H,3-6H2,1-2H3. The Kier molecular flexibility index (Phi) is 6.93. The van der Waals surface area contributed by atoms with E-state index in [-0.39, 0.29) is 0 Å². The summed E-state index contributed by atoms with van der Waals surface area (Å²) in [4.78, 5) is 0. The molecule has 0 fully saturated rings. The molecule has 0 saturated carbocycles. The Bertz CT molecular complexity index is 61.0. The van der Waals surface area contributed by atoms with E-state index < -0.39 is 8.11 Å². The van der Waals surface area contributed by atoms with Crippen molar-refractivity contribution in [3.05, 3.63) is 0 Å². The second-order valence-electron chi connectivity index (χ2n) is 2.19. The van der Waals surface area contributed by atoms with Gasteiger partial charge < -0.3 is 5.32 Å². The molecular formula is C6H16ClNSi. The van der Waals surface area contributed by atoms with E-state index >= 15 is 0 Å². The van der Waals surface area contributed by atoms with Crippen molar-refractivity contribution in [3.63, 3.8) is 0 Å². The molecule has 1 atom stereocenters. The molecule has 0 aromatic rings. The van der Waals surface area contributed by atoms with Crippen molar-refractivity contribution in [1.29, 1.82) is 0 Å². The Hall–Kier alpha value is 0.467. The molecule has 56 valence electrons. The zero-order chi connectivity index (χ0) is 7.11. The highest BCUT2D eigenvalue weighted by atomic mass is 35.6. The first-order chi connectivity index (χ1) is 4.31. The quantitative estimate of drug-likeness (QED) is 0.481. The van der Waals surface area contributed by atoms with E-state index in [0.29, 0.717) is 0 Å². The topological polar surface area (TPSA) is 12.0 Å². The second kappa shape index (κ2) is 6.58. The van der Waals surface area contributed by atoms with Gasteiger partial charge in [0.05, 0.1) is 0 Å². The number of halogens is 1. The lowest BCUT2D eigenvalue weighted by atomic mass is 10.6. The molecule has 0 aliphatic carbocycles. The van der Waals surface area contributed by atoms with Crippen LogP contribution in [0.5, 0.6) is 0 Å². The highest BCUT2D eigenvalue weighted by Crippen LogP contribution is 1.99. The van der Waals surface area contributed by atoms with Crippen LogP contribution in [-0.4, -0.2) is 20.8 Å². The van der Waals surface area contributed by atoms with Crippen LogP contribution in [0.3, 0.4) is 0 Å². The van der Waals surface area contributed by atoms with Gasteiger partial charge >= 0.3 is 0 Å². The first-order valence-corrected chi connectivity index (χ1v) is 7.03. The van der Waals surface area contributed by atoms with Crippen LogP contribution >= 0.6 is 11.1 Å². The monoisotopic (exact) mass is 165 g/mol. The van der Waals surface area contributed by atoms with E-state index in [1.807, 2.05) is 0 Å². The lowest BCUT2D eigenvalue weighted by Gasteiger charge is -2.04. The predicted octanol–water partition coefficient (Wildman–Crippen LogP) is 1.51. The lowest BCUT2D eigenvalue weighted by molar-refractivity contribution is 0.823. The Morgan fingerprint density at radius 2 is 2.11 bits per heavy atom. The lowest BCUT2D eigenvalue weighted by Crippen LogP contribution is -2.25. The molecule has 1 unspecified atom stereocenters. The Morgan fingerprint density at radius 3 is 2.56 bits per heavy atom. The highest BCUT2D eigenvalue weighted by Gasteiger charge is 2.02. The molecule has 3 heteroatoms. The maximum atomic E-state index is 6.04. The van der Waals surface area contributed by atoms with Crippen molar-refractivity contribution in [2.24, 2.45) is 0 Å². The summed E-state index contributed by atoms with van der Waals surface area (Å²) in [7, 11) is -0.859. The molecule has 9 heavy (non-hydrogen) atoms. The summed E-state index contributed by atoms with van der Waals surface area (Å²) in [5.41, 5.74) is 0. The van der Waals surface area contributed by atoms with Gasteiger partial charge in [0.15, 0.2) is 8.11 Å². The van der Waals surface area contributed by atoms with Crippen molar-refractivity contribution in [2.75, 3.05) is 12.7 Å². The van der Waals surface area contributed by atoms with Crippen molar-refractivity contribution in [2.45, 2.75) is 26.3 Å². The second-order valence-corrected chi connectivity index (χ2v) is 6.23. The average molecular weight is 166 g/mol. The summed E-state index contributed by atoms with van der Waals surface area (Å²) >= 11 is 6.04. The third-order valence-electron chi connectivity index (χ3n) is 1.22. The molecule has 0 aliphatic rings. The molecule has 0 radical (unpaired) electrons. The maximum absolute atomic E-state index is 6.04. The van der Waals surface area contributed by atoms with Crippen molar-refractivity contribution >= 4 is 19.2 Å². The van der Waals surface area contributed by atoms with Gasteiger partial charge in [-0.2, -0.15) is 11.1 Å². The molecule has 0 heterocycles. The Labute approximate surface area is 64.1 Å². The van der Waals surface area contributed by atoms with Crippen LogP contribution in [0.15, 0.2) is 0 Å². The van der Waals surface area contributed by atoms with Gasteiger partial charge in [-0.15, -0.1) is 0 Å². The first kappa shape index (κ1) is 9.47. The van der Waals surface area contributed by atoms with Gasteiger partial charge in [-0.1, -0.05) is 20.3 Å². The van der Waals surface area contributed by atoms with E-state index in [2.05, 4.69) is 19.2 Å². The van der Waals surface area contributed by atoms with E-state index in [9.17, 15) is 0 Å². The molecule has 0 saturated heterocycles. The van der Waals surface area contributed by atoms with Crippen LogP contribution in [0.2, 0.25) is 6.04 Å². The minimum Gasteiger partial charge on any atom is -0.319 e. The van der Waals surface area contributed by atoms with Crippen LogP contribution in [0, 0.1) is 0 Å². The van der Waals surface area contributed by atoms with Crippen molar-refractivity contribution in [3.8, 4) is 0 Å². The van der Waals surface area contributed by atoms with Gasteiger partial charge in [0.2, 0.25) is 0 Å². The van der Waals surface area contributed by atoms with Crippen LogP contribution in [0.4, 0.5) is 0 Å². The highest BCUT2D eigenvalue weighted by molar-refractivity contribution is 7.07.